The maximum atomic E-state index is 12.1. The molecule has 0 saturated heterocycles. The Morgan fingerprint density at radius 3 is 2.23 bits per heavy atom. The average molecular weight is 319 g/mol. The molecule has 0 aliphatic rings. The molecule has 22 heavy (non-hydrogen) atoms. The van der Waals surface area contributed by atoms with Crippen LogP contribution in [0.2, 0.25) is 0 Å². The molecule has 0 bridgehead atoms. The highest BCUT2D eigenvalue weighted by molar-refractivity contribution is 7.89. The Morgan fingerprint density at radius 2 is 1.64 bits per heavy atom. The SMILES string of the molecule is CCc1ccc(OCCNS(=O)(=O)c2ccc(C)cc2)cc1. The molecule has 0 radical (unpaired) electrons. The van der Waals surface area contributed by atoms with Crippen molar-refractivity contribution in [2.75, 3.05) is 13.2 Å². The quantitative estimate of drug-likeness (QED) is 0.798. The molecule has 0 atom stereocenters. The average Bonchev–Trinajstić information content (AvgIpc) is 2.52. The van der Waals surface area contributed by atoms with E-state index in [2.05, 4.69) is 11.6 Å². The van der Waals surface area contributed by atoms with E-state index in [-0.39, 0.29) is 18.0 Å². The molecule has 0 aromatic heterocycles. The molecule has 0 heterocycles. The van der Waals surface area contributed by atoms with E-state index in [4.69, 9.17) is 4.74 Å². The standard InChI is InChI=1S/C17H21NO3S/c1-3-15-6-8-16(9-7-15)21-13-12-18-22(19,20)17-10-4-14(2)5-11-17/h4-11,18H,3,12-13H2,1-2H3. The largest absolute Gasteiger partial charge is 0.492 e. The number of rotatable bonds is 7. The lowest BCUT2D eigenvalue weighted by Crippen LogP contribution is -2.28. The van der Waals surface area contributed by atoms with Gasteiger partial charge in [-0.1, -0.05) is 36.8 Å². The van der Waals surface area contributed by atoms with Crippen molar-refractivity contribution in [2.45, 2.75) is 25.2 Å². The van der Waals surface area contributed by atoms with Gasteiger partial charge in [0.15, 0.2) is 0 Å². The molecule has 1 N–H and O–H groups in total. The molecule has 4 nitrogen and oxygen atoms in total. The van der Waals surface area contributed by atoms with Crippen LogP contribution in [0, 0.1) is 6.92 Å². The first kappa shape index (κ1) is 16.5. The molecule has 0 aliphatic carbocycles. The van der Waals surface area contributed by atoms with Crippen LogP contribution in [0.25, 0.3) is 0 Å². The normalized spacial score (nSPS) is 11.4. The minimum absolute atomic E-state index is 0.228. The maximum Gasteiger partial charge on any atom is 0.240 e. The Hall–Kier alpha value is -1.85. The van der Waals surface area contributed by atoms with E-state index in [0.29, 0.717) is 0 Å². The van der Waals surface area contributed by atoms with Crippen LogP contribution in [0.4, 0.5) is 0 Å². The van der Waals surface area contributed by atoms with Gasteiger partial charge in [-0.2, -0.15) is 0 Å². The lowest BCUT2D eigenvalue weighted by Gasteiger charge is -2.09. The van der Waals surface area contributed by atoms with Crippen LogP contribution < -0.4 is 9.46 Å². The third-order valence-electron chi connectivity index (χ3n) is 3.33. The second-order valence-corrected chi connectivity index (χ2v) is 6.82. The minimum atomic E-state index is -3.47. The molecule has 5 heteroatoms. The zero-order valence-electron chi connectivity index (χ0n) is 12.9. The number of nitrogens with one attached hydrogen (secondary N) is 1. The zero-order chi connectivity index (χ0) is 16.0. The van der Waals surface area contributed by atoms with Crippen molar-refractivity contribution in [3.05, 3.63) is 59.7 Å². The fraction of sp³-hybridized carbons (Fsp3) is 0.294. The van der Waals surface area contributed by atoms with Gasteiger partial charge in [-0.25, -0.2) is 13.1 Å². The Bertz CT molecular complexity index is 692. The van der Waals surface area contributed by atoms with Crippen LogP contribution in [-0.2, 0) is 16.4 Å². The first-order chi connectivity index (χ1) is 10.5. The second-order valence-electron chi connectivity index (χ2n) is 5.06. The fourth-order valence-electron chi connectivity index (χ4n) is 1.97. The third-order valence-corrected chi connectivity index (χ3v) is 4.80. The van der Waals surface area contributed by atoms with Crippen molar-refractivity contribution in [1.29, 1.82) is 0 Å². The van der Waals surface area contributed by atoms with E-state index in [1.165, 1.54) is 5.56 Å². The van der Waals surface area contributed by atoms with Gasteiger partial charge in [0.1, 0.15) is 12.4 Å². The summed E-state index contributed by atoms with van der Waals surface area (Å²) in [5.74, 6) is 0.742. The van der Waals surface area contributed by atoms with Crippen LogP contribution >= 0.6 is 0 Å². The lowest BCUT2D eigenvalue weighted by atomic mass is 10.2. The lowest BCUT2D eigenvalue weighted by molar-refractivity contribution is 0.323. The third kappa shape index (κ3) is 4.58. The summed E-state index contributed by atoms with van der Waals surface area (Å²) in [4.78, 5) is 0.269. The van der Waals surface area contributed by atoms with Gasteiger partial charge in [0.2, 0.25) is 10.0 Å². The predicted molar refractivity (Wildman–Crippen MR) is 87.7 cm³/mol. The number of benzene rings is 2. The molecule has 0 amide bonds. The van der Waals surface area contributed by atoms with Crippen molar-refractivity contribution in [2.24, 2.45) is 0 Å². The molecule has 2 aromatic rings. The summed E-state index contributed by atoms with van der Waals surface area (Å²) in [6, 6.07) is 14.6. The van der Waals surface area contributed by atoms with Gasteiger partial charge in [0, 0.05) is 6.54 Å². The van der Waals surface area contributed by atoms with Crippen LogP contribution in [-0.4, -0.2) is 21.6 Å². The number of aryl methyl sites for hydroxylation is 2. The highest BCUT2D eigenvalue weighted by Gasteiger charge is 2.12. The first-order valence-corrected chi connectivity index (χ1v) is 8.77. The monoisotopic (exact) mass is 319 g/mol. The van der Waals surface area contributed by atoms with Gasteiger partial charge in [-0.3, -0.25) is 0 Å². The summed E-state index contributed by atoms with van der Waals surface area (Å²) < 4.78 is 32.2. The van der Waals surface area contributed by atoms with E-state index in [0.717, 1.165) is 17.7 Å². The van der Waals surface area contributed by atoms with Crippen LogP contribution in [0.3, 0.4) is 0 Å². The van der Waals surface area contributed by atoms with Gasteiger partial charge in [0.05, 0.1) is 4.90 Å². The van der Waals surface area contributed by atoms with E-state index in [1.54, 1.807) is 24.3 Å². The number of hydrogen-bond donors (Lipinski definition) is 1. The molecule has 2 rings (SSSR count). The van der Waals surface area contributed by atoms with Gasteiger partial charge in [-0.05, 0) is 43.2 Å². The van der Waals surface area contributed by atoms with Gasteiger partial charge >= 0.3 is 0 Å². The van der Waals surface area contributed by atoms with Crippen LogP contribution in [0.1, 0.15) is 18.1 Å². The Morgan fingerprint density at radius 1 is 1.00 bits per heavy atom. The van der Waals surface area contributed by atoms with Gasteiger partial charge in [0.25, 0.3) is 0 Å². The molecular weight excluding hydrogens is 298 g/mol. The molecule has 0 aliphatic heterocycles. The van der Waals surface area contributed by atoms with E-state index in [1.807, 2.05) is 31.2 Å². The molecule has 0 saturated carbocycles. The highest BCUT2D eigenvalue weighted by atomic mass is 32.2. The first-order valence-electron chi connectivity index (χ1n) is 7.29. The number of hydrogen-bond acceptors (Lipinski definition) is 3. The van der Waals surface area contributed by atoms with Gasteiger partial charge < -0.3 is 4.74 Å². The number of sulfonamides is 1. The summed E-state index contributed by atoms with van der Waals surface area (Å²) in [6.07, 6.45) is 0.983. The summed E-state index contributed by atoms with van der Waals surface area (Å²) in [5, 5.41) is 0. The summed E-state index contributed by atoms with van der Waals surface area (Å²) >= 11 is 0. The predicted octanol–water partition coefficient (Wildman–Crippen LogP) is 2.91. The molecule has 0 unspecified atom stereocenters. The van der Waals surface area contributed by atoms with E-state index in [9.17, 15) is 8.42 Å². The molecule has 0 spiro atoms. The molecule has 2 aromatic carbocycles. The maximum absolute atomic E-state index is 12.1. The van der Waals surface area contributed by atoms with E-state index < -0.39 is 10.0 Å². The number of ether oxygens (including phenoxy) is 1. The summed E-state index contributed by atoms with van der Waals surface area (Å²) in [6.45, 7) is 4.53. The Kier molecular flexibility index (Phi) is 5.57. The van der Waals surface area contributed by atoms with Crippen molar-refractivity contribution < 1.29 is 13.2 Å². The second kappa shape index (κ2) is 7.42. The van der Waals surface area contributed by atoms with Crippen molar-refractivity contribution in [3.8, 4) is 5.75 Å². The van der Waals surface area contributed by atoms with Crippen molar-refractivity contribution >= 4 is 10.0 Å². The topological polar surface area (TPSA) is 55.4 Å². The molecule has 0 fully saturated rings. The summed E-state index contributed by atoms with van der Waals surface area (Å²) in [7, 11) is -3.47. The van der Waals surface area contributed by atoms with E-state index >= 15 is 0 Å². The van der Waals surface area contributed by atoms with Crippen LogP contribution in [0.15, 0.2) is 53.4 Å². The zero-order valence-corrected chi connectivity index (χ0v) is 13.7. The smallest absolute Gasteiger partial charge is 0.240 e. The molecular formula is C17H21NO3S. The summed E-state index contributed by atoms with van der Waals surface area (Å²) in [5.41, 5.74) is 2.27. The highest BCUT2D eigenvalue weighted by Crippen LogP contribution is 2.12. The minimum Gasteiger partial charge on any atom is -0.492 e. The fourth-order valence-corrected chi connectivity index (χ4v) is 2.98. The van der Waals surface area contributed by atoms with Crippen molar-refractivity contribution in [1.82, 2.24) is 4.72 Å². The van der Waals surface area contributed by atoms with Gasteiger partial charge in [-0.15, -0.1) is 0 Å². The Balaban J connectivity index is 1.83. The Labute approximate surface area is 132 Å². The molecule has 118 valence electrons. The van der Waals surface area contributed by atoms with Crippen LogP contribution in [0.5, 0.6) is 5.75 Å². The van der Waals surface area contributed by atoms with Crippen molar-refractivity contribution in [3.63, 3.8) is 0 Å².